The number of ketones is 1. The lowest BCUT2D eigenvalue weighted by molar-refractivity contribution is -0.128. The van der Waals surface area contributed by atoms with Crippen LogP contribution >= 0.6 is 0 Å². The summed E-state index contributed by atoms with van der Waals surface area (Å²) >= 11 is 0. The van der Waals surface area contributed by atoms with Crippen molar-refractivity contribution < 1.29 is 19.1 Å². The summed E-state index contributed by atoms with van der Waals surface area (Å²) in [5.41, 5.74) is 2.40. The van der Waals surface area contributed by atoms with Gasteiger partial charge in [0.05, 0.1) is 11.7 Å². The van der Waals surface area contributed by atoms with Gasteiger partial charge in [-0.3, -0.25) is 9.59 Å². The first-order valence-corrected chi connectivity index (χ1v) is 11.1. The monoisotopic (exact) mass is 468 g/mol. The van der Waals surface area contributed by atoms with Crippen LogP contribution in [0.1, 0.15) is 23.1 Å². The van der Waals surface area contributed by atoms with E-state index in [1.165, 1.54) is 6.92 Å². The molecular weight excluding hydrogens is 444 g/mol. The van der Waals surface area contributed by atoms with Crippen LogP contribution in [-0.2, 0) is 20.7 Å². The van der Waals surface area contributed by atoms with Crippen molar-refractivity contribution >= 4 is 17.7 Å². The molecule has 8 heteroatoms. The van der Waals surface area contributed by atoms with Gasteiger partial charge in [0.25, 0.3) is 11.7 Å². The van der Waals surface area contributed by atoms with Gasteiger partial charge in [-0.25, -0.2) is 14.5 Å². The van der Waals surface area contributed by atoms with E-state index in [1.54, 1.807) is 4.68 Å². The smallest absolute Gasteiger partial charge is 0.378 e. The number of esters is 1. The number of rotatable bonds is 9. The molecule has 176 valence electrons. The summed E-state index contributed by atoms with van der Waals surface area (Å²) in [4.78, 5) is 41.5. The van der Waals surface area contributed by atoms with Gasteiger partial charge in [-0.2, -0.15) is 0 Å². The highest BCUT2D eigenvalue weighted by molar-refractivity contribution is 5.91. The molecule has 0 aliphatic rings. The van der Waals surface area contributed by atoms with Crippen molar-refractivity contribution in [1.82, 2.24) is 20.1 Å². The van der Waals surface area contributed by atoms with Gasteiger partial charge in [-0.15, -0.1) is 5.10 Å². The average Bonchev–Trinajstić information content (AvgIpc) is 3.34. The van der Waals surface area contributed by atoms with E-state index in [0.29, 0.717) is 12.2 Å². The molecule has 1 amide bonds. The highest BCUT2D eigenvalue weighted by Gasteiger charge is 2.22. The topological polar surface area (TPSA) is 103 Å². The van der Waals surface area contributed by atoms with Crippen LogP contribution < -0.4 is 5.32 Å². The minimum atomic E-state index is -0.838. The number of hydrogen-bond donors (Lipinski definition) is 1. The van der Waals surface area contributed by atoms with E-state index < -0.39 is 24.5 Å². The first-order chi connectivity index (χ1) is 17.0. The molecule has 1 aromatic heterocycles. The Morgan fingerprint density at radius 3 is 2.11 bits per heavy atom. The number of hydrogen-bond acceptors (Lipinski definition) is 6. The maximum Gasteiger partial charge on any atom is 0.378 e. The van der Waals surface area contributed by atoms with Crippen LogP contribution in [-0.4, -0.2) is 45.1 Å². The maximum atomic E-state index is 12.7. The third kappa shape index (κ3) is 6.05. The van der Waals surface area contributed by atoms with Crippen molar-refractivity contribution in [2.24, 2.45) is 0 Å². The second-order valence-electron chi connectivity index (χ2n) is 7.87. The van der Waals surface area contributed by atoms with E-state index in [2.05, 4.69) is 15.4 Å². The molecule has 8 nitrogen and oxygen atoms in total. The van der Waals surface area contributed by atoms with Gasteiger partial charge in [0.2, 0.25) is 0 Å². The minimum absolute atomic E-state index is 0.173. The van der Waals surface area contributed by atoms with Crippen molar-refractivity contribution in [2.45, 2.75) is 19.4 Å². The van der Waals surface area contributed by atoms with Crippen LogP contribution in [0, 0.1) is 0 Å². The molecule has 0 aliphatic carbocycles. The van der Waals surface area contributed by atoms with E-state index in [1.807, 2.05) is 91.0 Å². The fraction of sp³-hybridized carbons (Fsp3) is 0.148. The maximum absolute atomic E-state index is 12.7. The first-order valence-electron chi connectivity index (χ1n) is 11.1. The second kappa shape index (κ2) is 11.0. The molecule has 1 N–H and O–H groups in total. The zero-order valence-corrected chi connectivity index (χ0v) is 19.1. The molecule has 0 radical (unpaired) electrons. The number of amides is 1. The normalized spacial score (nSPS) is 11.5. The highest BCUT2D eigenvalue weighted by atomic mass is 16.5. The van der Waals surface area contributed by atoms with Gasteiger partial charge >= 0.3 is 5.97 Å². The predicted octanol–water partition coefficient (Wildman–Crippen LogP) is 3.41. The third-order valence-corrected chi connectivity index (χ3v) is 5.27. The van der Waals surface area contributed by atoms with Crippen LogP contribution in [0.4, 0.5) is 0 Å². The number of nitrogens with one attached hydrogen (secondary N) is 1. The van der Waals surface area contributed by atoms with Crippen molar-refractivity contribution in [1.29, 1.82) is 0 Å². The molecule has 1 atom stereocenters. The quantitative estimate of drug-likeness (QED) is 0.378. The number of nitrogens with zero attached hydrogens (tertiary/aromatic N) is 3. The third-order valence-electron chi connectivity index (χ3n) is 5.27. The van der Waals surface area contributed by atoms with Gasteiger partial charge in [0.15, 0.2) is 18.2 Å². The lowest BCUT2D eigenvalue weighted by Gasteiger charge is -2.16. The second-order valence-corrected chi connectivity index (χ2v) is 7.87. The molecule has 4 aromatic rings. The Hall–Kier alpha value is -4.59. The van der Waals surface area contributed by atoms with Gasteiger partial charge in [0.1, 0.15) is 0 Å². The van der Waals surface area contributed by atoms with E-state index in [0.717, 1.165) is 16.8 Å². The van der Waals surface area contributed by atoms with Gasteiger partial charge in [-0.05, 0) is 31.0 Å². The van der Waals surface area contributed by atoms with Crippen molar-refractivity contribution in [3.05, 3.63) is 102 Å². The Morgan fingerprint density at radius 2 is 1.49 bits per heavy atom. The summed E-state index contributed by atoms with van der Waals surface area (Å²) in [6.07, 6.45) is 0.347. The van der Waals surface area contributed by atoms with E-state index >= 15 is 0 Å². The fourth-order valence-electron chi connectivity index (χ4n) is 3.50. The number of carbonyl (C=O) groups excluding carboxylic acids is 3. The minimum Gasteiger partial charge on any atom is -0.450 e. The molecule has 4 rings (SSSR count). The van der Waals surface area contributed by atoms with Gasteiger partial charge < -0.3 is 10.1 Å². The number of carbonyl (C=O) groups is 3. The van der Waals surface area contributed by atoms with Crippen molar-refractivity contribution in [3.63, 3.8) is 0 Å². The number of aromatic nitrogens is 3. The SMILES string of the molecule is CC(=O)C(Cc1ccccc1)NC(=O)COC(=O)c1nc(-c2ccccc2)n(-c2ccccc2)n1. The molecule has 0 saturated heterocycles. The Labute approximate surface area is 202 Å². The lowest BCUT2D eigenvalue weighted by Crippen LogP contribution is -2.43. The average molecular weight is 469 g/mol. The van der Waals surface area contributed by atoms with Gasteiger partial charge in [0, 0.05) is 5.56 Å². The lowest BCUT2D eigenvalue weighted by atomic mass is 10.0. The van der Waals surface area contributed by atoms with Crippen molar-refractivity contribution in [2.75, 3.05) is 6.61 Å². The molecular formula is C27H24N4O4. The summed E-state index contributed by atoms with van der Waals surface area (Å²) in [6, 6.07) is 27.2. The van der Waals surface area contributed by atoms with Crippen LogP contribution in [0.25, 0.3) is 17.1 Å². The molecule has 35 heavy (non-hydrogen) atoms. The van der Waals surface area contributed by atoms with Crippen LogP contribution in [0.5, 0.6) is 0 Å². The van der Waals surface area contributed by atoms with Crippen LogP contribution in [0.2, 0.25) is 0 Å². The Morgan fingerprint density at radius 1 is 0.886 bits per heavy atom. The largest absolute Gasteiger partial charge is 0.450 e. The zero-order chi connectivity index (χ0) is 24.6. The fourth-order valence-corrected chi connectivity index (χ4v) is 3.50. The number of benzene rings is 3. The van der Waals surface area contributed by atoms with E-state index in [9.17, 15) is 14.4 Å². The van der Waals surface area contributed by atoms with E-state index in [4.69, 9.17) is 4.74 Å². The zero-order valence-electron chi connectivity index (χ0n) is 19.1. The summed E-state index contributed by atoms with van der Waals surface area (Å²) in [5.74, 6) is -1.32. The molecule has 1 heterocycles. The number of ether oxygens (including phenoxy) is 1. The summed E-state index contributed by atoms with van der Waals surface area (Å²) in [7, 11) is 0. The van der Waals surface area contributed by atoms with E-state index in [-0.39, 0.29) is 11.6 Å². The molecule has 1 unspecified atom stereocenters. The molecule has 0 fully saturated rings. The molecule has 3 aromatic carbocycles. The first kappa shape index (κ1) is 23.6. The Kier molecular flexibility index (Phi) is 7.42. The predicted molar refractivity (Wildman–Crippen MR) is 130 cm³/mol. The Balaban J connectivity index is 1.45. The van der Waals surface area contributed by atoms with Crippen LogP contribution in [0.15, 0.2) is 91.0 Å². The molecule has 0 saturated carbocycles. The summed E-state index contributed by atoms with van der Waals surface area (Å²) < 4.78 is 6.71. The van der Waals surface area contributed by atoms with Crippen LogP contribution in [0.3, 0.4) is 0 Å². The highest BCUT2D eigenvalue weighted by Crippen LogP contribution is 2.21. The Bertz CT molecular complexity index is 1250. The standard InChI is InChI=1S/C27H24N4O4/c1-19(32)23(17-20-11-5-2-6-12-20)28-24(33)18-35-27(34)25-29-26(21-13-7-3-8-14-21)31(30-25)22-15-9-4-10-16-22/h2-16,23H,17-18H2,1H3,(H,28,33). The molecule has 0 spiro atoms. The van der Waals surface area contributed by atoms with Gasteiger partial charge in [-0.1, -0.05) is 78.9 Å². The summed E-state index contributed by atoms with van der Waals surface area (Å²) in [5, 5.41) is 6.95. The number of para-hydroxylation sites is 1. The molecule has 0 bridgehead atoms. The summed E-state index contributed by atoms with van der Waals surface area (Å²) in [6.45, 7) is 0.850. The van der Waals surface area contributed by atoms with Crippen molar-refractivity contribution in [3.8, 4) is 17.1 Å². The number of Topliss-reactive ketones (excluding diaryl/α,β-unsaturated/α-hetero) is 1. The molecule has 0 aliphatic heterocycles.